The lowest BCUT2D eigenvalue weighted by Crippen LogP contribution is -2.18. The molecule has 1 heterocycles. The van der Waals surface area contributed by atoms with E-state index in [1.165, 1.54) is 33.0 Å². The molecule has 1 atom stereocenters. The van der Waals surface area contributed by atoms with E-state index >= 15 is 0 Å². The van der Waals surface area contributed by atoms with Gasteiger partial charge in [-0.2, -0.15) is 0 Å². The van der Waals surface area contributed by atoms with E-state index in [0.717, 1.165) is 0 Å². The zero-order valence-electron chi connectivity index (χ0n) is 12.7. The van der Waals surface area contributed by atoms with Gasteiger partial charge in [0.1, 0.15) is 0 Å². The van der Waals surface area contributed by atoms with Crippen molar-refractivity contribution in [3.63, 3.8) is 0 Å². The van der Waals surface area contributed by atoms with Gasteiger partial charge in [0.2, 0.25) is 0 Å². The van der Waals surface area contributed by atoms with Gasteiger partial charge in [-0.15, -0.1) is 0 Å². The average molecular weight is 276 g/mol. The van der Waals surface area contributed by atoms with E-state index < -0.39 is 0 Å². The summed E-state index contributed by atoms with van der Waals surface area (Å²) in [6, 6.07) is 15.3. The van der Waals surface area contributed by atoms with Gasteiger partial charge in [-0.05, 0) is 37.4 Å². The van der Waals surface area contributed by atoms with Crippen LogP contribution in [0.5, 0.6) is 0 Å². The minimum atomic E-state index is 0.155. The first-order valence-electron chi connectivity index (χ1n) is 7.27. The van der Waals surface area contributed by atoms with Gasteiger partial charge < -0.3 is 5.32 Å². The lowest BCUT2D eigenvalue weighted by atomic mass is 9.93. The van der Waals surface area contributed by atoms with Gasteiger partial charge in [0.25, 0.3) is 0 Å². The fourth-order valence-electron chi connectivity index (χ4n) is 3.05. The Hall–Kier alpha value is -2.19. The van der Waals surface area contributed by atoms with Gasteiger partial charge in [-0.1, -0.05) is 53.6 Å². The predicted molar refractivity (Wildman–Crippen MR) is 88.6 cm³/mol. The van der Waals surface area contributed by atoms with Crippen molar-refractivity contribution in [2.75, 3.05) is 7.05 Å². The highest BCUT2D eigenvalue weighted by Gasteiger charge is 2.15. The Kier molecular flexibility index (Phi) is 3.72. The van der Waals surface area contributed by atoms with Gasteiger partial charge in [0.05, 0.1) is 6.04 Å². The van der Waals surface area contributed by atoms with Gasteiger partial charge in [-0.3, -0.25) is 4.98 Å². The number of hydrogen-bond acceptors (Lipinski definition) is 2. The zero-order valence-corrected chi connectivity index (χ0v) is 12.7. The molecule has 2 heteroatoms. The maximum Gasteiger partial charge on any atom is 0.0595 e. The van der Waals surface area contributed by atoms with Crippen molar-refractivity contribution >= 4 is 10.8 Å². The molecule has 2 nitrogen and oxygen atoms in total. The molecule has 1 unspecified atom stereocenters. The van der Waals surface area contributed by atoms with Crippen LogP contribution < -0.4 is 5.32 Å². The molecule has 106 valence electrons. The Labute approximate surface area is 125 Å². The van der Waals surface area contributed by atoms with E-state index in [2.05, 4.69) is 66.6 Å². The summed E-state index contributed by atoms with van der Waals surface area (Å²) in [6.07, 6.45) is 3.90. The molecule has 0 saturated carbocycles. The van der Waals surface area contributed by atoms with Crippen molar-refractivity contribution in [3.8, 4) is 0 Å². The number of fused-ring (bicyclic) bond motifs is 1. The molecule has 0 radical (unpaired) electrons. The molecule has 3 aromatic rings. The third-order valence-electron chi connectivity index (χ3n) is 3.88. The van der Waals surface area contributed by atoms with E-state index in [-0.39, 0.29) is 6.04 Å². The first-order chi connectivity index (χ1) is 10.2. The molecule has 0 fully saturated rings. The monoisotopic (exact) mass is 276 g/mol. The van der Waals surface area contributed by atoms with Crippen LogP contribution >= 0.6 is 0 Å². The smallest absolute Gasteiger partial charge is 0.0595 e. The van der Waals surface area contributed by atoms with E-state index in [0.29, 0.717) is 0 Å². The highest BCUT2D eigenvalue weighted by Crippen LogP contribution is 2.28. The summed E-state index contributed by atoms with van der Waals surface area (Å²) >= 11 is 0. The molecular weight excluding hydrogens is 256 g/mol. The predicted octanol–water partition coefficient (Wildman–Crippen LogP) is 4.16. The van der Waals surface area contributed by atoms with E-state index in [1.54, 1.807) is 0 Å². The molecule has 0 bridgehead atoms. The summed E-state index contributed by atoms with van der Waals surface area (Å²) < 4.78 is 0. The fourth-order valence-corrected chi connectivity index (χ4v) is 3.05. The molecule has 1 aromatic heterocycles. The molecule has 1 N–H and O–H groups in total. The van der Waals surface area contributed by atoms with Crippen molar-refractivity contribution in [3.05, 3.63) is 77.1 Å². The van der Waals surface area contributed by atoms with E-state index in [1.807, 2.05) is 19.4 Å². The first-order valence-corrected chi connectivity index (χ1v) is 7.27. The van der Waals surface area contributed by atoms with Crippen LogP contribution in [0.15, 0.2) is 54.9 Å². The van der Waals surface area contributed by atoms with Crippen LogP contribution in [0.3, 0.4) is 0 Å². The molecule has 0 spiro atoms. The largest absolute Gasteiger partial charge is 0.309 e. The molecule has 21 heavy (non-hydrogen) atoms. The maximum atomic E-state index is 4.41. The minimum Gasteiger partial charge on any atom is -0.309 e. The summed E-state index contributed by atoms with van der Waals surface area (Å²) in [6.45, 7) is 4.29. The number of hydrogen-bond donors (Lipinski definition) is 1. The third kappa shape index (κ3) is 2.67. The Morgan fingerprint density at radius 2 is 1.67 bits per heavy atom. The zero-order chi connectivity index (χ0) is 14.8. The Morgan fingerprint density at radius 1 is 0.952 bits per heavy atom. The van der Waals surface area contributed by atoms with Crippen molar-refractivity contribution in [2.24, 2.45) is 0 Å². The summed E-state index contributed by atoms with van der Waals surface area (Å²) in [5.74, 6) is 0. The lowest BCUT2D eigenvalue weighted by molar-refractivity contribution is 0.693. The van der Waals surface area contributed by atoms with Gasteiger partial charge >= 0.3 is 0 Å². The quantitative estimate of drug-likeness (QED) is 0.777. The van der Waals surface area contributed by atoms with Crippen molar-refractivity contribution in [1.82, 2.24) is 10.3 Å². The second-order valence-corrected chi connectivity index (χ2v) is 5.59. The minimum absolute atomic E-state index is 0.155. The van der Waals surface area contributed by atoms with Crippen LogP contribution in [0.25, 0.3) is 10.8 Å². The summed E-state index contributed by atoms with van der Waals surface area (Å²) in [4.78, 5) is 4.41. The second kappa shape index (κ2) is 5.66. The molecule has 0 aliphatic rings. The average Bonchev–Trinajstić information content (AvgIpc) is 2.47. The van der Waals surface area contributed by atoms with Crippen molar-refractivity contribution in [2.45, 2.75) is 19.9 Å². The number of nitrogens with one attached hydrogen (secondary N) is 1. The van der Waals surface area contributed by atoms with Crippen molar-refractivity contribution in [1.29, 1.82) is 0 Å². The lowest BCUT2D eigenvalue weighted by Gasteiger charge is -2.20. The van der Waals surface area contributed by atoms with E-state index in [4.69, 9.17) is 0 Å². The summed E-state index contributed by atoms with van der Waals surface area (Å²) in [5, 5.41) is 5.88. The topological polar surface area (TPSA) is 24.9 Å². The summed E-state index contributed by atoms with van der Waals surface area (Å²) in [5.41, 5.74) is 5.09. The molecule has 0 amide bonds. The Morgan fingerprint density at radius 3 is 2.38 bits per heavy atom. The molecule has 3 rings (SSSR count). The van der Waals surface area contributed by atoms with Crippen LogP contribution in [0.2, 0.25) is 0 Å². The number of benzene rings is 2. The van der Waals surface area contributed by atoms with Crippen LogP contribution in [0.1, 0.15) is 28.3 Å². The van der Waals surface area contributed by atoms with Crippen LogP contribution in [-0.2, 0) is 0 Å². The highest BCUT2D eigenvalue weighted by molar-refractivity contribution is 5.85. The normalized spacial score (nSPS) is 12.5. The van der Waals surface area contributed by atoms with Gasteiger partial charge in [-0.25, -0.2) is 0 Å². The number of aromatic nitrogens is 1. The third-order valence-corrected chi connectivity index (χ3v) is 3.88. The van der Waals surface area contributed by atoms with Crippen LogP contribution in [0.4, 0.5) is 0 Å². The molecular formula is C19H20N2. The number of nitrogens with zero attached hydrogens (tertiary/aromatic N) is 1. The number of pyridine rings is 1. The Bertz CT molecular complexity index is 752. The molecule has 0 aliphatic carbocycles. The van der Waals surface area contributed by atoms with Crippen LogP contribution in [0, 0.1) is 13.8 Å². The molecule has 2 aromatic carbocycles. The standard InChI is InChI=1S/C19H20N2/c1-13-8-14(2)10-16(9-13)19(20-3)18-12-21-11-15-6-4-5-7-17(15)18/h4-12,19-20H,1-3H3. The van der Waals surface area contributed by atoms with Gasteiger partial charge in [0, 0.05) is 17.8 Å². The first kappa shape index (κ1) is 13.8. The molecule has 0 aliphatic heterocycles. The Balaban J connectivity index is 2.18. The fraction of sp³-hybridized carbons (Fsp3) is 0.211. The molecule has 0 saturated heterocycles. The summed E-state index contributed by atoms with van der Waals surface area (Å²) in [7, 11) is 2.00. The highest BCUT2D eigenvalue weighted by atomic mass is 14.9. The number of aryl methyl sites for hydroxylation is 2. The van der Waals surface area contributed by atoms with Crippen molar-refractivity contribution < 1.29 is 0 Å². The van der Waals surface area contributed by atoms with E-state index in [9.17, 15) is 0 Å². The number of rotatable bonds is 3. The van der Waals surface area contributed by atoms with Crippen LogP contribution in [-0.4, -0.2) is 12.0 Å². The maximum absolute atomic E-state index is 4.41. The SMILES string of the molecule is CNC(c1cc(C)cc(C)c1)c1cncc2ccccc12. The second-order valence-electron chi connectivity index (χ2n) is 5.59. The van der Waals surface area contributed by atoms with Gasteiger partial charge in [0.15, 0.2) is 0 Å².